The first kappa shape index (κ1) is 18.7. The van der Waals surface area contributed by atoms with Crippen LogP contribution in [0.5, 0.6) is 5.75 Å². The molecule has 0 saturated heterocycles. The number of ether oxygens (including phenoxy) is 1. The molecule has 1 atom stereocenters. The van der Waals surface area contributed by atoms with Gasteiger partial charge in [-0.3, -0.25) is 14.5 Å². The van der Waals surface area contributed by atoms with Gasteiger partial charge in [0.25, 0.3) is 0 Å². The lowest BCUT2D eigenvalue weighted by atomic mass is 10.0. The van der Waals surface area contributed by atoms with Crippen molar-refractivity contribution >= 4 is 22.6 Å². The maximum Gasteiger partial charge on any atom is 0.320 e. The molecule has 0 spiro atoms. The summed E-state index contributed by atoms with van der Waals surface area (Å²) in [5.41, 5.74) is 0.914. The molecule has 6 heteroatoms. The highest BCUT2D eigenvalue weighted by atomic mass is 16.5. The third-order valence-electron chi connectivity index (χ3n) is 4.20. The Morgan fingerprint density at radius 3 is 2.44 bits per heavy atom. The minimum absolute atomic E-state index is 0.133. The highest BCUT2D eigenvalue weighted by Gasteiger charge is 2.22. The van der Waals surface area contributed by atoms with Crippen molar-refractivity contribution < 1.29 is 19.4 Å². The molecule has 0 radical (unpaired) electrons. The Morgan fingerprint density at radius 1 is 1.24 bits per heavy atom. The van der Waals surface area contributed by atoms with Gasteiger partial charge in [0.05, 0.1) is 7.11 Å². The lowest BCUT2D eigenvalue weighted by Gasteiger charge is -2.27. The van der Waals surface area contributed by atoms with E-state index < -0.39 is 12.0 Å². The summed E-state index contributed by atoms with van der Waals surface area (Å²) in [5, 5.41) is 14.2. The predicted octanol–water partition coefficient (Wildman–Crippen LogP) is 2.26. The summed E-state index contributed by atoms with van der Waals surface area (Å²) >= 11 is 0. The van der Waals surface area contributed by atoms with E-state index in [4.69, 9.17) is 4.74 Å². The van der Waals surface area contributed by atoms with Crippen molar-refractivity contribution in [3.05, 3.63) is 42.0 Å². The monoisotopic (exact) mass is 344 g/mol. The number of methoxy groups -OCH3 is 1. The molecule has 0 aliphatic heterocycles. The number of nitrogens with one attached hydrogen (secondary N) is 1. The molecule has 0 aliphatic rings. The van der Waals surface area contributed by atoms with E-state index in [0.29, 0.717) is 19.6 Å². The van der Waals surface area contributed by atoms with Crippen molar-refractivity contribution in [2.75, 3.05) is 20.2 Å². The molecule has 6 nitrogen and oxygen atoms in total. The number of hydrogen-bond acceptors (Lipinski definition) is 4. The molecule has 25 heavy (non-hydrogen) atoms. The van der Waals surface area contributed by atoms with Gasteiger partial charge in [0, 0.05) is 32.1 Å². The van der Waals surface area contributed by atoms with Gasteiger partial charge in [-0.1, -0.05) is 24.3 Å². The Morgan fingerprint density at radius 2 is 1.88 bits per heavy atom. The number of nitrogens with zero attached hydrogens (tertiary/aromatic N) is 1. The van der Waals surface area contributed by atoms with Gasteiger partial charge in [-0.2, -0.15) is 0 Å². The van der Waals surface area contributed by atoms with Gasteiger partial charge in [-0.15, -0.1) is 0 Å². The molecule has 0 bridgehead atoms. The number of hydrogen-bond donors (Lipinski definition) is 2. The molecule has 0 heterocycles. The van der Waals surface area contributed by atoms with Crippen LogP contribution in [0.15, 0.2) is 36.4 Å². The third-order valence-corrected chi connectivity index (χ3v) is 4.20. The Hall–Kier alpha value is -2.60. The van der Waals surface area contributed by atoms with Crippen molar-refractivity contribution in [1.29, 1.82) is 0 Å². The second-order valence-corrected chi connectivity index (χ2v) is 5.98. The molecule has 0 aliphatic carbocycles. The first-order valence-corrected chi connectivity index (χ1v) is 8.19. The quantitative estimate of drug-likeness (QED) is 0.768. The highest BCUT2D eigenvalue weighted by molar-refractivity contribution is 5.85. The SMILES string of the molecule is COc1cc2ccccc2cc1CN(CCNC(C)=O)C(C)C(=O)O. The normalized spacial score (nSPS) is 12.2. The molecule has 1 unspecified atom stereocenters. The van der Waals surface area contributed by atoms with Gasteiger partial charge in [0.1, 0.15) is 11.8 Å². The molecule has 2 rings (SSSR count). The highest BCUT2D eigenvalue weighted by Crippen LogP contribution is 2.27. The summed E-state index contributed by atoms with van der Waals surface area (Å²) in [6.07, 6.45) is 0. The first-order valence-electron chi connectivity index (χ1n) is 8.19. The molecular formula is C19H24N2O4. The number of fused-ring (bicyclic) bond motifs is 1. The molecule has 0 fully saturated rings. The maximum absolute atomic E-state index is 11.4. The molecule has 2 N–H and O–H groups in total. The second-order valence-electron chi connectivity index (χ2n) is 5.98. The number of amides is 1. The maximum atomic E-state index is 11.4. The van der Waals surface area contributed by atoms with E-state index in [2.05, 4.69) is 5.32 Å². The van der Waals surface area contributed by atoms with E-state index in [-0.39, 0.29) is 5.91 Å². The van der Waals surface area contributed by atoms with Crippen LogP contribution < -0.4 is 10.1 Å². The van der Waals surface area contributed by atoms with Crippen LogP contribution in [0.2, 0.25) is 0 Å². The van der Waals surface area contributed by atoms with Crippen LogP contribution in [0.25, 0.3) is 10.8 Å². The number of carboxylic acid groups (broad SMARTS) is 1. The van der Waals surface area contributed by atoms with Crippen LogP contribution in [0.4, 0.5) is 0 Å². The lowest BCUT2D eigenvalue weighted by molar-refractivity contribution is -0.142. The van der Waals surface area contributed by atoms with Crippen LogP contribution in [0.3, 0.4) is 0 Å². The van der Waals surface area contributed by atoms with Gasteiger partial charge < -0.3 is 15.2 Å². The summed E-state index contributed by atoms with van der Waals surface area (Å²) in [6, 6.07) is 11.3. The van der Waals surface area contributed by atoms with Crippen LogP contribution in [-0.2, 0) is 16.1 Å². The molecular weight excluding hydrogens is 320 g/mol. The molecule has 134 valence electrons. The summed E-state index contributed by atoms with van der Waals surface area (Å²) in [4.78, 5) is 24.3. The minimum Gasteiger partial charge on any atom is -0.496 e. The van der Waals surface area contributed by atoms with Gasteiger partial charge in [-0.05, 0) is 29.8 Å². The summed E-state index contributed by atoms with van der Waals surface area (Å²) < 4.78 is 5.49. The fraction of sp³-hybridized carbons (Fsp3) is 0.368. The zero-order chi connectivity index (χ0) is 18.4. The average Bonchev–Trinajstić information content (AvgIpc) is 2.59. The number of aliphatic carboxylic acids is 1. The Kier molecular flexibility index (Phi) is 6.36. The summed E-state index contributed by atoms with van der Waals surface area (Å²) in [6.45, 7) is 4.33. The standard InChI is InChI=1S/C19H24N2O4/c1-13(19(23)24)21(9-8-20-14(2)22)12-17-10-15-6-4-5-7-16(15)11-18(17)25-3/h4-7,10-11,13H,8-9,12H2,1-3H3,(H,20,22)(H,23,24). The smallest absolute Gasteiger partial charge is 0.320 e. The molecule has 0 saturated carbocycles. The Balaban J connectivity index is 2.28. The zero-order valence-electron chi connectivity index (χ0n) is 14.8. The molecule has 2 aromatic carbocycles. The van der Waals surface area contributed by atoms with E-state index in [0.717, 1.165) is 22.1 Å². The predicted molar refractivity (Wildman–Crippen MR) is 96.7 cm³/mol. The van der Waals surface area contributed by atoms with Crippen LogP contribution in [0.1, 0.15) is 19.4 Å². The topological polar surface area (TPSA) is 78.9 Å². The number of rotatable bonds is 8. The van der Waals surface area contributed by atoms with Crippen LogP contribution in [0, 0.1) is 0 Å². The van der Waals surface area contributed by atoms with E-state index in [1.807, 2.05) is 41.3 Å². The van der Waals surface area contributed by atoms with E-state index in [1.54, 1.807) is 14.0 Å². The Bertz CT molecular complexity index is 760. The largest absolute Gasteiger partial charge is 0.496 e. The van der Waals surface area contributed by atoms with Crippen molar-refractivity contribution in [3.63, 3.8) is 0 Å². The van der Waals surface area contributed by atoms with Crippen molar-refractivity contribution in [3.8, 4) is 5.75 Å². The van der Waals surface area contributed by atoms with E-state index in [9.17, 15) is 14.7 Å². The van der Waals surface area contributed by atoms with E-state index >= 15 is 0 Å². The molecule has 2 aromatic rings. The van der Waals surface area contributed by atoms with Gasteiger partial charge in [0.15, 0.2) is 0 Å². The summed E-state index contributed by atoms with van der Waals surface area (Å²) in [5.74, 6) is -0.311. The Labute approximate surface area is 147 Å². The van der Waals surface area contributed by atoms with Crippen molar-refractivity contribution in [2.24, 2.45) is 0 Å². The third kappa shape index (κ3) is 4.93. The fourth-order valence-corrected chi connectivity index (χ4v) is 2.74. The minimum atomic E-state index is -0.900. The number of benzene rings is 2. The van der Waals surface area contributed by atoms with Gasteiger partial charge in [-0.25, -0.2) is 0 Å². The van der Waals surface area contributed by atoms with Crippen LogP contribution in [-0.4, -0.2) is 48.1 Å². The number of carbonyl (C=O) groups is 2. The van der Waals surface area contributed by atoms with Gasteiger partial charge in [0.2, 0.25) is 5.91 Å². The zero-order valence-corrected chi connectivity index (χ0v) is 14.8. The lowest BCUT2D eigenvalue weighted by Crippen LogP contribution is -2.42. The number of carbonyl (C=O) groups excluding carboxylic acids is 1. The first-order chi connectivity index (χ1) is 11.9. The van der Waals surface area contributed by atoms with Crippen molar-refractivity contribution in [2.45, 2.75) is 26.4 Å². The molecule has 1 amide bonds. The van der Waals surface area contributed by atoms with Gasteiger partial charge >= 0.3 is 5.97 Å². The number of carboxylic acids is 1. The van der Waals surface area contributed by atoms with Crippen LogP contribution >= 0.6 is 0 Å². The average molecular weight is 344 g/mol. The molecule has 0 aromatic heterocycles. The van der Waals surface area contributed by atoms with Crippen molar-refractivity contribution in [1.82, 2.24) is 10.2 Å². The van der Waals surface area contributed by atoms with E-state index in [1.165, 1.54) is 6.92 Å². The fourth-order valence-electron chi connectivity index (χ4n) is 2.74. The second kappa shape index (κ2) is 8.48. The summed E-state index contributed by atoms with van der Waals surface area (Å²) in [7, 11) is 1.61.